The third kappa shape index (κ3) is 1.71. The molecule has 0 aliphatic heterocycles. The van der Waals surface area contributed by atoms with Gasteiger partial charge in [-0.15, -0.1) is 0 Å². The van der Waals surface area contributed by atoms with Crippen molar-refractivity contribution in [2.45, 2.75) is 26.3 Å². The van der Waals surface area contributed by atoms with Gasteiger partial charge in [-0.25, -0.2) is 0 Å². The largest absolute Gasteiger partial charge is 0.269 e. The summed E-state index contributed by atoms with van der Waals surface area (Å²) in [4.78, 5) is 0. The Morgan fingerprint density at radius 1 is 1.80 bits per heavy atom. The Balaban J connectivity index is 2.74. The molecule has 0 aliphatic carbocycles. The highest BCUT2D eigenvalue weighted by molar-refractivity contribution is 14.1. The maximum absolute atomic E-state index is 4.20. The van der Waals surface area contributed by atoms with E-state index < -0.39 is 0 Å². The lowest BCUT2D eigenvalue weighted by Gasteiger charge is -2.07. The summed E-state index contributed by atoms with van der Waals surface area (Å²) in [6.45, 7) is 4.34. The molecular weight excluding hydrogens is 239 g/mol. The lowest BCUT2D eigenvalue weighted by Crippen LogP contribution is -2.03. The number of hydrogen-bond acceptors (Lipinski definition) is 1. The average molecular weight is 250 g/mol. The summed E-state index contributed by atoms with van der Waals surface area (Å²) < 4.78 is 3.21. The average Bonchev–Trinajstić information content (AvgIpc) is 2.34. The molecule has 0 aromatic carbocycles. The summed E-state index contributed by atoms with van der Waals surface area (Å²) in [5.74, 6) is 0. The second kappa shape index (κ2) is 3.37. The zero-order valence-corrected chi connectivity index (χ0v) is 8.37. The van der Waals surface area contributed by atoms with E-state index in [-0.39, 0.29) is 0 Å². The van der Waals surface area contributed by atoms with E-state index in [4.69, 9.17) is 0 Å². The van der Waals surface area contributed by atoms with E-state index in [0.29, 0.717) is 6.04 Å². The van der Waals surface area contributed by atoms with E-state index >= 15 is 0 Å². The van der Waals surface area contributed by atoms with Gasteiger partial charge in [0, 0.05) is 12.2 Å². The summed E-state index contributed by atoms with van der Waals surface area (Å²) in [5, 5.41) is 4.20. The van der Waals surface area contributed by atoms with Gasteiger partial charge < -0.3 is 0 Å². The van der Waals surface area contributed by atoms with E-state index in [1.807, 2.05) is 10.9 Å². The van der Waals surface area contributed by atoms with Crippen LogP contribution in [0.25, 0.3) is 0 Å². The van der Waals surface area contributed by atoms with Gasteiger partial charge in [0.1, 0.15) is 0 Å². The molecule has 0 bridgehead atoms. The van der Waals surface area contributed by atoms with Gasteiger partial charge in [-0.3, -0.25) is 4.68 Å². The number of nitrogens with zero attached hydrogens (tertiary/aromatic N) is 2. The molecule has 1 aromatic rings. The van der Waals surface area contributed by atoms with Crippen LogP contribution in [-0.2, 0) is 0 Å². The third-order valence-corrected chi connectivity index (χ3v) is 2.17. The Hall–Kier alpha value is -0.0600. The van der Waals surface area contributed by atoms with Crippen molar-refractivity contribution in [1.29, 1.82) is 0 Å². The monoisotopic (exact) mass is 250 g/mol. The highest BCUT2D eigenvalue weighted by Gasteiger charge is 2.01. The predicted octanol–water partition coefficient (Wildman–Crippen LogP) is 2.46. The van der Waals surface area contributed by atoms with Gasteiger partial charge >= 0.3 is 0 Å². The first-order valence-corrected chi connectivity index (χ1v) is 4.51. The van der Waals surface area contributed by atoms with Crippen LogP contribution >= 0.6 is 22.6 Å². The minimum atomic E-state index is 0.531. The molecule has 0 spiro atoms. The molecule has 1 aromatic heterocycles. The lowest BCUT2D eigenvalue weighted by atomic mass is 10.3. The highest BCUT2D eigenvalue weighted by atomic mass is 127. The summed E-state index contributed by atoms with van der Waals surface area (Å²) in [7, 11) is 0. The molecule has 1 rings (SSSR count). The Morgan fingerprint density at radius 3 is 2.90 bits per heavy atom. The van der Waals surface area contributed by atoms with Gasteiger partial charge in [-0.05, 0) is 35.9 Å². The Labute approximate surface area is 74.8 Å². The minimum absolute atomic E-state index is 0.531. The third-order valence-electron chi connectivity index (χ3n) is 1.61. The summed E-state index contributed by atoms with van der Waals surface area (Å²) in [5.41, 5.74) is 0. The smallest absolute Gasteiger partial charge is 0.0623 e. The molecule has 2 nitrogen and oxygen atoms in total. The maximum atomic E-state index is 4.20. The number of halogens is 1. The molecule has 56 valence electrons. The highest BCUT2D eigenvalue weighted by Crippen LogP contribution is 2.10. The molecule has 1 atom stereocenters. The Morgan fingerprint density at radius 2 is 2.50 bits per heavy atom. The number of rotatable bonds is 2. The van der Waals surface area contributed by atoms with E-state index in [9.17, 15) is 0 Å². The van der Waals surface area contributed by atoms with Crippen LogP contribution in [0.4, 0.5) is 0 Å². The van der Waals surface area contributed by atoms with Crippen molar-refractivity contribution in [2.75, 3.05) is 0 Å². The molecule has 0 N–H and O–H groups in total. The molecule has 1 heterocycles. The topological polar surface area (TPSA) is 17.8 Å². The molecule has 0 saturated heterocycles. The van der Waals surface area contributed by atoms with Gasteiger partial charge in [0.05, 0.1) is 9.77 Å². The number of hydrogen-bond donors (Lipinski definition) is 0. The van der Waals surface area contributed by atoms with Crippen molar-refractivity contribution in [3.63, 3.8) is 0 Å². The second-order valence-corrected chi connectivity index (χ2v) is 3.64. The fourth-order valence-corrected chi connectivity index (χ4v) is 1.15. The Kier molecular flexibility index (Phi) is 2.71. The standard InChI is InChI=1S/C7H11IN2/c1-3-6(2)10-5-7(8)4-9-10/h4-6H,3H2,1-2H3/t6-/m0/s1. The molecule has 0 saturated carbocycles. The van der Waals surface area contributed by atoms with Crippen molar-refractivity contribution in [1.82, 2.24) is 9.78 Å². The molecule has 10 heavy (non-hydrogen) atoms. The maximum Gasteiger partial charge on any atom is 0.0623 e. The van der Waals surface area contributed by atoms with Gasteiger partial charge in [0.2, 0.25) is 0 Å². The van der Waals surface area contributed by atoms with Crippen molar-refractivity contribution in [3.8, 4) is 0 Å². The van der Waals surface area contributed by atoms with Crippen LogP contribution in [0, 0.1) is 3.57 Å². The molecule has 0 unspecified atom stereocenters. The van der Waals surface area contributed by atoms with Crippen molar-refractivity contribution in [3.05, 3.63) is 16.0 Å². The zero-order valence-electron chi connectivity index (χ0n) is 6.21. The van der Waals surface area contributed by atoms with Gasteiger partial charge in [-0.1, -0.05) is 6.92 Å². The van der Waals surface area contributed by atoms with E-state index in [1.165, 1.54) is 3.57 Å². The van der Waals surface area contributed by atoms with Gasteiger partial charge in [-0.2, -0.15) is 5.10 Å². The van der Waals surface area contributed by atoms with E-state index in [1.54, 1.807) is 0 Å². The van der Waals surface area contributed by atoms with Crippen LogP contribution in [0.15, 0.2) is 12.4 Å². The lowest BCUT2D eigenvalue weighted by molar-refractivity contribution is 0.478. The number of aromatic nitrogens is 2. The van der Waals surface area contributed by atoms with Crippen LogP contribution in [0.2, 0.25) is 0 Å². The first kappa shape index (κ1) is 8.04. The molecule has 0 aliphatic rings. The van der Waals surface area contributed by atoms with E-state index in [0.717, 1.165) is 6.42 Å². The SMILES string of the molecule is CC[C@H](C)n1cc(I)cn1. The summed E-state index contributed by atoms with van der Waals surface area (Å²) >= 11 is 2.27. The fourth-order valence-electron chi connectivity index (χ4n) is 0.743. The van der Waals surface area contributed by atoms with Crippen molar-refractivity contribution >= 4 is 22.6 Å². The molecule has 0 amide bonds. The van der Waals surface area contributed by atoms with E-state index in [2.05, 4.69) is 47.7 Å². The van der Waals surface area contributed by atoms with Crippen LogP contribution in [0.3, 0.4) is 0 Å². The molecule has 3 heteroatoms. The van der Waals surface area contributed by atoms with Gasteiger partial charge in [0.15, 0.2) is 0 Å². The normalized spacial score (nSPS) is 13.5. The fraction of sp³-hybridized carbons (Fsp3) is 0.571. The predicted molar refractivity (Wildman–Crippen MR) is 49.9 cm³/mol. The van der Waals surface area contributed by atoms with Crippen LogP contribution < -0.4 is 0 Å². The minimum Gasteiger partial charge on any atom is -0.269 e. The van der Waals surface area contributed by atoms with Crippen LogP contribution in [0.1, 0.15) is 26.3 Å². The summed E-state index contributed by atoms with van der Waals surface area (Å²) in [6, 6.07) is 0.531. The molecule has 0 radical (unpaired) electrons. The van der Waals surface area contributed by atoms with Crippen molar-refractivity contribution < 1.29 is 0 Å². The van der Waals surface area contributed by atoms with Crippen LogP contribution in [-0.4, -0.2) is 9.78 Å². The van der Waals surface area contributed by atoms with Crippen molar-refractivity contribution in [2.24, 2.45) is 0 Å². The van der Waals surface area contributed by atoms with Gasteiger partial charge in [0.25, 0.3) is 0 Å². The Bertz CT molecular complexity index is 207. The summed E-state index contributed by atoms with van der Waals surface area (Å²) in [6.07, 6.45) is 5.08. The van der Waals surface area contributed by atoms with Crippen LogP contribution in [0.5, 0.6) is 0 Å². The molecule has 0 fully saturated rings. The zero-order chi connectivity index (χ0) is 7.56. The first-order chi connectivity index (χ1) is 4.74. The quantitative estimate of drug-likeness (QED) is 0.737. The molecular formula is C7H11IN2. The second-order valence-electron chi connectivity index (χ2n) is 2.40. The first-order valence-electron chi connectivity index (χ1n) is 3.43.